The Morgan fingerprint density at radius 1 is 1.57 bits per heavy atom. The van der Waals surface area contributed by atoms with Crippen molar-refractivity contribution in [3.8, 4) is 5.75 Å². The van der Waals surface area contributed by atoms with E-state index in [1.165, 1.54) is 19.3 Å². The van der Waals surface area contributed by atoms with E-state index in [1.54, 1.807) is 6.20 Å². The Labute approximate surface area is 84.0 Å². The molecule has 2 N–H and O–H groups in total. The Balaban J connectivity index is 1.77. The van der Waals surface area contributed by atoms with E-state index < -0.39 is 0 Å². The SMILES string of the molecule is NCCn1cc(OCC2CCC2)cn1. The van der Waals surface area contributed by atoms with Crippen LogP contribution in [0.5, 0.6) is 5.75 Å². The molecule has 78 valence electrons. The molecular weight excluding hydrogens is 178 g/mol. The van der Waals surface area contributed by atoms with Crippen LogP contribution >= 0.6 is 0 Å². The molecule has 0 spiro atoms. The average molecular weight is 195 g/mol. The Kier molecular flexibility index (Phi) is 3.03. The van der Waals surface area contributed by atoms with Gasteiger partial charge in [0.15, 0.2) is 5.75 Å². The van der Waals surface area contributed by atoms with E-state index in [2.05, 4.69) is 5.10 Å². The molecule has 0 bridgehead atoms. The minimum Gasteiger partial charge on any atom is -0.490 e. The fourth-order valence-corrected chi connectivity index (χ4v) is 1.55. The van der Waals surface area contributed by atoms with E-state index in [-0.39, 0.29) is 0 Å². The summed E-state index contributed by atoms with van der Waals surface area (Å²) in [5.74, 6) is 1.64. The standard InChI is InChI=1S/C10H17N3O/c11-4-5-13-7-10(6-12-13)14-8-9-2-1-3-9/h6-7,9H,1-5,8,11H2. The van der Waals surface area contributed by atoms with Crippen molar-refractivity contribution >= 4 is 0 Å². The zero-order chi connectivity index (χ0) is 9.80. The number of nitrogens with zero attached hydrogens (tertiary/aromatic N) is 2. The molecule has 0 amide bonds. The predicted octanol–water partition coefficient (Wildman–Crippen LogP) is 1.02. The van der Waals surface area contributed by atoms with Gasteiger partial charge in [-0.15, -0.1) is 0 Å². The van der Waals surface area contributed by atoms with Crippen molar-refractivity contribution in [2.24, 2.45) is 11.7 Å². The van der Waals surface area contributed by atoms with E-state index >= 15 is 0 Å². The lowest BCUT2D eigenvalue weighted by molar-refractivity contribution is 0.180. The van der Waals surface area contributed by atoms with E-state index in [9.17, 15) is 0 Å². The van der Waals surface area contributed by atoms with Crippen molar-refractivity contribution < 1.29 is 4.74 Å². The van der Waals surface area contributed by atoms with Gasteiger partial charge in [-0.1, -0.05) is 6.42 Å². The average Bonchev–Trinajstić information content (AvgIpc) is 2.51. The van der Waals surface area contributed by atoms with Crippen LogP contribution in [-0.4, -0.2) is 22.9 Å². The monoisotopic (exact) mass is 195 g/mol. The molecule has 0 radical (unpaired) electrons. The van der Waals surface area contributed by atoms with Crippen molar-refractivity contribution in [1.82, 2.24) is 9.78 Å². The van der Waals surface area contributed by atoms with Crippen molar-refractivity contribution in [3.63, 3.8) is 0 Å². The minimum atomic E-state index is 0.615. The van der Waals surface area contributed by atoms with Gasteiger partial charge in [0.05, 0.1) is 25.5 Å². The van der Waals surface area contributed by atoms with E-state index in [4.69, 9.17) is 10.5 Å². The van der Waals surface area contributed by atoms with Crippen LogP contribution in [0, 0.1) is 5.92 Å². The van der Waals surface area contributed by atoms with Crippen LogP contribution in [0.2, 0.25) is 0 Å². The van der Waals surface area contributed by atoms with Crippen LogP contribution < -0.4 is 10.5 Å². The first-order valence-electron chi connectivity index (χ1n) is 5.24. The summed E-state index contributed by atoms with van der Waals surface area (Å²) >= 11 is 0. The van der Waals surface area contributed by atoms with Gasteiger partial charge < -0.3 is 10.5 Å². The quantitative estimate of drug-likeness (QED) is 0.763. The maximum absolute atomic E-state index is 5.61. The van der Waals surface area contributed by atoms with Crippen LogP contribution in [0.25, 0.3) is 0 Å². The highest BCUT2D eigenvalue weighted by Crippen LogP contribution is 2.26. The highest BCUT2D eigenvalue weighted by Gasteiger charge is 2.17. The normalized spacial score (nSPS) is 16.6. The highest BCUT2D eigenvalue weighted by atomic mass is 16.5. The molecule has 1 heterocycles. The topological polar surface area (TPSA) is 53.1 Å². The lowest BCUT2D eigenvalue weighted by Gasteiger charge is -2.24. The number of nitrogens with two attached hydrogens (primary N) is 1. The fraction of sp³-hybridized carbons (Fsp3) is 0.700. The first-order chi connectivity index (χ1) is 6.88. The molecule has 2 rings (SSSR count). The molecule has 0 aliphatic heterocycles. The molecule has 0 aromatic carbocycles. The van der Waals surface area contributed by atoms with Crippen LogP contribution in [0.3, 0.4) is 0 Å². The first-order valence-corrected chi connectivity index (χ1v) is 5.24. The maximum Gasteiger partial charge on any atom is 0.157 e. The molecule has 1 aromatic rings. The van der Waals surface area contributed by atoms with Gasteiger partial charge >= 0.3 is 0 Å². The summed E-state index contributed by atoms with van der Waals surface area (Å²) in [5, 5.41) is 4.14. The number of hydrogen-bond acceptors (Lipinski definition) is 3. The van der Waals surface area contributed by atoms with Crippen LogP contribution in [-0.2, 0) is 6.54 Å². The summed E-state index contributed by atoms with van der Waals surface area (Å²) < 4.78 is 7.43. The molecule has 0 saturated heterocycles. The lowest BCUT2D eigenvalue weighted by Crippen LogP contribution is -2.19. The van der Waals surface area contributed by atoms with Crippen LogP contribution in [0.1, 0.15) is 19.3 Å². The molecule has 1 aliphatic rings. The van der Waals surface area contributed by atoms with Gasteiger partial charge in [0.1, 0.15) is 0 Å². The van der Waals surface area contributed by atoms with Gasteiger partial charge in [-0.25, -0.2) is 0 Å². The van der Waals surface area contributed by atoms with Crippen LogP contribution in [0.15, 0.2) is 12.4 Å². The van der Waals surface area contributed by atoms with Gasteiger partial charge in [0, 0.05) is 6.54 Å². The highest BCUT2D eigenvalue weighted by molar-refractivity contribution is 5.11. The third-order valence-electron chi connectivity index (χ3n) is 2.68. The second kappa shape index (κ2) is 4.46. The second-order valence-electron chi connectivity index (χ2n) is 3.84. The van der Waals surface area contributed by atoms with Crippen molar-refractivity contribution in [2.75, 3.05) is 13.2 Å². The Morgan fingerprint density at radius 3 is 3.07 bits per heavy atom. The second-order valence-corrected chi connectivity index (χ2v) is 3.84. The number of ether oxygens (including phenoxy) is 1. The third-order valence-corrected chi connectivity index (χ3v) is 2.68. The summed E-state index contributed by atoms with van der Waals surface area (Å²) in [4.78, 5) is 0. The number of aromatic nitrogens is 2. The van der Waals surface area contributed by atoms with Gasteiger partial charge in [-0.05, 0) is 18.8 Å². The van der Waals surface area contributed by atoms with Crippen molar-refractivity contribution in [2.45, 2.75) is 25.8 Å². The van der Waals surface area contributed by atoms with Gasteiger partial charge in [0.2, 0.25) is 0 Å². The fourth-order valence-electron chi connectivity index (χ4n) is 1.55. The summed E-state index contributed by atoms with van der Waals surface area (Å²) in [6.07, 6.45) is 7.66. The van der Waals surface area contributed by atoms with Gasteiger partial charge in [-0.3, -0.25) is 4.68 Å². The minimum absolute atomic E-state index is 0.615. The number of rotatable bonds is 5. The van der Waals surface area contributed by atoms with E-state index in [0.717, 1.165) is 24.8 Å². The van der Waals surface area contributed by atoms with Crippen molar-refractivity contribution in [3.05, 3.63) is 12.4 Å². The summed E-state index contributed by atoms with van der Waals surface area (Å²) in [6, 6.07) is 0. The molecule has 1 aliphatic carbocycles. The molecule has 0 atom stereocenters. The van der Waals surface area contributed by atoms with Gasteiger partial charge in [0.25, 0.3) is 0 Å². The Morgan fingerprint density at radius 2 is 2.43 bits per heavy atom. The van der Waals surface area contributed by atoms with Crippen LogP contribution in [0.4, 0.5) is 0 Å². The lowest BCUT2D eigenvalue weighted by atomic mass is 9.86. The number of hydrogen-bond donors (Lipinski definition) is 1. The molecule has 1 fully saturated rings. The molecule has 14 heavy (non-hydrogen) atoms. The molecule has 4 heteroatoms. The predicted molar refractivity (Wildman–Crippen MR) is 54.1 cm³/mol. The largest absolute Gasteiger partial charge is 0.490 e. The molecular formula is C10H17N3O. The van der Waals surface area contributed by atoms with E-state index in [1.807, 2.05) is 10.9 Å². The molecule has 1 saturated carbocycles. The summed E-state index contributed by atoms with van der Waals surface area (Å²) in [7, 11) is 0. The summed E-state index contributed by atoms with van der Waals surface area (Å²) in [6.45, 7) is 2.21. The smallest absolute Gasteiger partial charge is 0.157 e. The Bertz CT molecular complexity index is 281. The summed E-state index contributed by atoms with van der Waals surface area (Å²) in [5.41, 5.74) is 5.42. The Hall–Kier alpha value is -1.03. The molecule has 0 unspecified atom stereocenters. The maximum atomic E-state index is 5.61. The molecule has 4 nitrogen and oxygen atoms in total. The molecule has 1 aromatic heterocycles. The van der Waals surface area contributed by atoms with E-state index in [0.29, 0.717) is 6.54 Å². The van der Waals surface area contributed by atoms with Gasteiger partial charge in [-0.2, -0.15) is 5.10 Å². The first kappa shape index (κ1) is 9.52. The zero-order valence-electron chi connectivity index (χ0n) is 8.35. The van der Waals surface area contributed by atoms with Crippen molar-refractivity contribution in [1.29, 1.82) is 0 Å². The zero-order valence-corrected chi connectivity index (χ0v) is 8.35. The third kappa shape index (κ3) is 2.26.